The van der Waals surface area contributed by atoms with Crippen molar-refractivity contribution in [3.63, 3.8) is 0 Å². The van der Waals surface area contributed by atoms with Gasteiger partial charge in [-0.15, -0.1) is 0 Å². The average Bonchev–Trinajstić information content (AvgIpc) is 3.30. The zero-order valence-corrected chi connectivity index (χ0v) is 16.0. The first-order chi connectivity index (χ1) is 13.9. The van der Waals surface area contributed by atoms with Crippen molar-refractivity contribution < 1.29 is 13.6 Å². The van der Waals surface area contributed by atoms with Gasteiger partial charge in [0, 0.05) is 31.9 Å². The molecular formula is C20H22F2N6O. The quantitative estimate of drug-likeness (QED) is 0.609. The lowest BCUT2D eigenvalue weighted by atomic mass is 10.00. The van der Waals surface area contributed by atoms with Crippen molar-refractivity contribution in [1.29, 1.82) is 0 Å². The molecule has 9 heteroatoms. The van der Waals surface area contributed by atoms with Crippen molar-refractivity contribution >= 4 is 22.8 Å². The van der Waals surface area contributed by atoms with Crippen LogP contribution in [0.2, 0.25) is 0 Å². The Morgan fingerprint density at radius 2 is 2.21 bits per heavy atom. The number of aromatic nitrogens is 3. The van der Waals surface area contributed by atoms with Gasteiger partial charge in [0.1, 0.15) is 29.4 Å². The average molecular weight is 400 g/mol. The summed E-state index contributed by atoms with van der Waals surface area (Å²) in [7, 11) is 0. The summed E-state index contributed by atoms with van der Waals surface area (Å²) in [4.78, 5) is 26.3. The van der Waals surface area contributed by atoms with Crippen LogP contribution >= 0.6 is 0 Å². The van der Waals surface area contributed by atoms with Crippen LogP contribution in [0.4, 0.5) is 14.6 Å². The third-order valence-corrected chi connectivity index (χ3v) is 5.37. The van der Waals surface area contributed by atoms with E-state index in [2.05, 4.69) is 32.1 Å². The van der Waals surface area contributed by atoms with Crippen LogP contribution < -0.4 is 16.0 Å². The number of H-pyrrole nitrogens is 1. The number of aryl methyl sites for hydroxylation is 1. The molecule has 1 amide bonds. The van der Waals surface area contributed by atoms with E-state index in [0.717, 1.165) is 41.0 Å². The van der Waals surface area contributed by atoms with Gasteiger partial charge in [-0.1, -0.05) is 6.92 Å². The van der Waals surface area contributed by atoms with Gasteiger partial charge in [-0.25, -0.2) is 18.7 Å². The SMILES string of the molecule is CCc1c[nH]c2ncnc(N3CC[C@@](N)(CNC(=O)c4ccc(F)cc4F)C3)c12. The highest BCUT2D eigenvalue weighted by atomic mass is 19.1. The second kappa shape index (κ2) is 7.40. The maximum Gasteiger partial charge on any atom is 0.254 e. The van der Waals surface area contributed by atoms with E-state index in [0.29, 0.717) is 25.6 Å². The second-order valence-electron chi connectivity index (χ2n) is 7.43. The molecule has 0 unspecified atom stereocenters. The van der Waals surface area contributed by atoms with Crippen LogP contribution in [-0.2, 0) is 6.42 Å². The number of aromatic amines is 1. The predicted molar refractivity (Wildman–Crippen MR) is 106 cm³/mol. The zero-order chi connectivity index (χ0) is 20.6. The smallest absolute Gasteiger partial charge is 0.254 e. The molecule has 7 nitrogen and oxygen atoms in total. The second-order valence-corrected chi connectivity index (χ2v) is 7.43. The molecule has 3 aromatic rings. The molecule has 1 saturated heterocycles. The number of anilines is 1. The Morgan fingerprint density at radius 1 is 1.38 bits per heavy atom. The molecule has 3 heterocycles. The molecule has 152 valence electrons. The summed E-state index contributed by atoms with van der Waals surface area (Å²) in [5, 5.41) is 3.66. The number of carbonyl (C=O) groups is 1. The van der Waals surface area contributed by atoms with E-state index >= 15 is 0 Å². The topological polar surface area (TPSA) is 99.9 Å². The van der Waals surface area contributed by atoms with Crippen molar-refractivity contribution in [2.45, 2.75) is 25.3 Å². The molecule has 0 spiro atoms. The molecule has 1 aromatic carbocycles. The molecule has 4 rings (SSSR count). The van der Waals surface area contributed by atoms with Crippen LogP contribution in [0, 0.1) is 11.6 Å². The Balaban J connectivity index is 1.48. The predicted octanol–water partition coefficient (Wildman–Crippen LogP) is 2.14. The van der Waals surface area contributed by atoms with Gasteiger partial charge in [-0.2, -0.15) is 0 Å². The Hall–Kier alpha value is -3.07. The number of nitrogens with two attached hydrogens (primary N) is 1. The van der Waals surface area contributed by atoms with Crippen LogP contribution in [0.25, 0.3) is 11.0 Å². The molecular weight excluding hydrogens is 378 g/mol. The summed E-state index contributed by atoms with van der Waals surface area (Å²) in [6, 6.07) is 2.86. The third kappa shape index (κ3) is 3.65. The van der Waals surface area contributed by atoms with Crippen molar-refractivity contribution in [2.75, 3.05) is 24.5 Å². The molecule has 1 aliphatic heterocycles. The van der Waals surface area contributed by atoms with Crippen LogP contribution in [0.3, 0.4) is 0 Å². The summed E-state index contributed by atoms with van der Waals surface area (Å²) >= 11 is 0. The minimum atomic E-state index is -0.899. The molecule has 0 bridgehead atoms. The Bertz CT molecular complexity index is 1070. The first-order valence-corrected chi connectivity index (χ1v) is 9.48. The van der Waals surface area contributed by atoms with Gasteiger partial charge in [-0.3, -0.25) is 4.79 Å². The fourth-order valence-electron chi connectivity index (χ4n) is 3.77. The molecule has 0 aliphatic carbocycles. The van der Waals surface area contributed by atoms with E-state index in [9.17, 15) is 13.6 Å². The lowest BCUT2D eigenvalue weighted by molar-refractivity contribution is 0.0941. The monoisotopic (exact) mass is 400 g/mol. The van der Waals surface area contributed by atoms with E-state index < -0.39 is 23.1 Å². The molecule has 0 saturated carbocycles. The van der Waals surface area contributed by atoms with Gasteiger partial charge < -0.3 is 20.9 Å². The molecule has 1 fully saturated rings. The molecule has 1 aliphatic rings. The van der Waals surface area contributed by atoms with Gasteiger partial charge in [0.2, 0.25) is 0 Å². The van der Waals surface area contributed by atoms with Gasteiger partial charge in [-0.05, 0) is 30.5 Å². The van der Waals surface area contributed by atoms with Crippen LogP contribution in [0.15, 0.2) is 30.7 Å². The van der Waals surface area contributed by atoms with E-state index in [-0.39, 0.29) is 12.1 Å². The van der Waals surface area contributed by atoms with Crippen molar-refractivity contribution in [3.8, 4) is 0 Å². The summed E-state index contributed by atoms with van der Waals surface area (Å²) in [6.07, 6.45) is 4.94. The number of hydrogen-bond acceptors (Lipinski definition) is 5. The lowest BCUT2D eigenvalue weighted by Crippen LogP contribution is -2.52. The van der Waals surface area contributed by atoms with Crippen LogP contribution in [-0.4, -0.2) is 46.0 Å². The molecule has 4 N–H and O–H groups in total. The Labute approximate surface area is 166 Å². The largest absolute Gasteiger partial charge is 0.354 e. The minimum Gasteiger partial charge on any atom is -0.354 e. The van der Waals surface area contributed by atoms with Crippen LogP contribution in [0.1, 0.15) is 29.3 Å². The van der Waals surface area contributed by atoms with E-state index in [1.165, 1.54) is 6.33 Å². The number of halogens is 2. The number of nitrogens with zero attached hydrogens (tertiary/aromatic N) is 3. The molecule has 0 radical (unpaired) electrons. The summed E-state index contributed by atoms with van der Waals surface area (Å²) in [5.74, 6) is -1.43. The Kier molecular flexibility index (Phi) is 4.91. The fourth-order valence-corrected chi connectivity index (χ4v) is 3.77. The normalized spacial score (nSPS) is 19.1. The zero-order valence-electron chi connectivity index (χ0n) is 16.0. The number of carbonyl (C=O) groups excluding carboxylic acids is 1. The summed E-state index contributed by atoms with van der Waals surface area (Å²) < 4.78 is 26.9. The maximum absolute atomic E-state index is 13.8. The highest BCUT2D eigenvalue weighted by Crippen LogP contribution is 2.31. The lowest BCUT2D eigenvalue weighted by Gasteiger charge is -2.25. The Morgan fingerprint density at radius 3 is 2.97 bits per heavy atom. The van der Waals surface area contributed by atoms with Crippen molar-refractivity contribution in [3.05, 3.63) is 53.5 Å². The molecule has 1 atom stereocenters. The van der Waals surface area contributed by atoms with E-state index in [4.69, 9.17) is 5.73 Å². The van der Waals surface area contributed by atoms with Gasteiger partial charge in [0.05, 0.1) is 16.5 Å². The first kappa shape index (κ1) is 19.3. The third-order valence-electron chi connectivity index (χ3n) is 5.37. The number of fused-ring (bicyclic) bond motifs is 1. The minimum absolute atomic E-state index is 0.168. The maximum atomic E-state index is 13.8. The fraction of sp³-hybridized carbons (Fsp3) is 0.350. The first-order valence-electron chi connectivity index (χ1n) is 9.48. The van der Waals surface area contributed by atoms with Gasteiger partial charge in [0.25, 0.3) is 5.91 Å². The van der Waals surface area contributed by atoms with E-state index in [1.54, 1.807) is 0 Å². The number of benzene rings is 1. The summed E-state index contributed by atoms with van der Waals surface area (Å²) in [5.41, 5.74) is 7.52. The van der Waals surface area contributed by atoms with Crippen LogP contribution in [0.5, 0.6) is 0 Å². The van der Waals surface area contributed by atoms with Gasteiger partial charge in [0.15, 0.2) is 0 Å². The standard InChI is InChI=1S/C20H22F2N6O/c1-2-12-8-24-17-16(12)18(27-11-26-17)28-6-5-20(23,10-28)9-25-19(29)14-4-3-13(21)7-15(14)22/h3-4,7-8,11H,2,5-6,9-10,23H2,1H3,(H,25,29)(H,24,26,27)/t20-/m1/s1. The van der Waals surface area contributed by atoms with Gasteiger partial charge >= 0.3 is 0 Å². The molecule has 29 heavy (non-hydrogen) atoms. The number of hydrogen-bond donors (Lipinski definition) is 3. The highest BCUT2D eigenvalue weighted by molar-refractivity contribution is 5.94. The van der Waals surface area contributed by atoms with Crippen molar-refractivity contribution in [1.82, 2.24) is 20.3 Å². The number of rotatable bonds is 5. The van der Waals surface area contributed by atoms with E-state index in [1.807, 2.05) is 6.20 Å². The molecule has 2 aromatic heterocycles. The number of nitrogens with one attached hydrogen (secondary N) is 2. The summed E-state index contributed by atoms with van der Waals surface area (Å²) in [6.45, 7) is 3.40. The van der Waals surface area contributed by atoms with Crippen molar-refractivity contribution in [2.24, 2.45) is 5.73 Å². The highest BCUT2D eigenvalue weighted by Gasteiger charge is 2.36. The number of amides is 1.